The third-order valence-corrected chi connectivity index (χ3v) is 5.22. The lowest BCUT2D eigenvalue weighted by molar-refractivity contribution is 0.338. The maximum Gasteiger partial charge on any atom is 0.263 e. The van der Waals surface area contributed by atoms with Gasteiger partial charge in [-0.05, 0) is 31.9 Å². The molecule has 1 aliphatic rings. The molecule has 2 heterocycles. The van der Waals surface area contributed by atoms with Crippen LogP contribution >= 0.6 is 0 Å². The van der Waals surface area contributed by atoms with Crippen LogP contribution in [-0.4, -0.2) is 30.3 Å². The molecule has 1 atom stereocenters. The van der Waals surface area contributed by atoms with E-state index in [0.29, 0.717) is 6.54 Å². The third-order valence-electron chi connectivity index (χ3n) is 3.27. The van der Waals surface area contributed by atoms with Gasteiger partial charge in [-0.2, -0.15) is 4.31 Å². The van der Waals surface area contributed by atoms with E-state index >= 15 is 0 Å². The normalized spacial score (nSPS) is 22.7. The lowest BCUT2D eigenvalue weighted by Crippen LogP contribution is -2.39. The third kappa shape index (κ3) is 2.54. The van der Waals surface area contributed by atoms with E-state index in [2.05, 4.69) is 4.98 Å². The molecular weight excluding hydrogens is 255 g/mol. The molecule has 100 valence electrons. The first-order valence-corrected chi connectivity index (χ1v) is 7.60. The van der Waals surface area contributed by atoms with E-state index in [0.717, 1.165) is 31.7 Å². The van der Waals surface area contributed by atoms with Gasteiger partial charge in [-0.15, -0.1) is 0 Å². The molecule has 0 amide bonds. The summed E-state index contributed by atoms with van der Waals surface area (Å²) in [7, 11) is -3.82. The topological polar surface area (TPSA) is 50.3 Å². The van der Waals surface area contributed by atoms with Crippen molar-refractivity contribution in [2.24, 2.45) is 0 Å². The molecule has 4 nitrogen and oxygen atoms in total. The van der Waals surface area contributed by atoms with Crippen LogP contribution in [0.3, 0.4) is 0 Å². The van der Waals surface area contributed by atoms with Crippen LogP contribution in [0.4, 0.5) is 4.39 Å². The summed E-state index contributed by atoms with van der Waals surface area (Å²) in [5.74, 6) is -0.783. The summed E-state index contributed by atoms with van der Waals surface area (Å²) in [6.45, 7) is 2.31. The number of nitrogens with zero attached hydrogens (tertiary/aromatic N) is 2. The molecule has 0 aromatic carbocycles. The first-order valence-electron chi connectivity index (χ1n) is 6.16. The van der Waals surface area contributed by atoms with Crippen molar-refractivity contribution >= 4 is 10.0 Å². The fourth-order valence-electron chi connectivity index (χ4n) is 2.28. The van der Waals surface area contributed by atoms with Gasteiger partial charge in [0.25, 0.3) is 10.0 Å². The molecular formula is C12H17FN2O2S. The maximum atomic E-state index is 13.6. The van der Waals surface area contributed by atoms with Crippen LogP contribution in [0.25, 0.3) is 0 Å². The summed E-state index contributed by atoms with van der Waals surface area (Å²) in [4.78, 5) is 3.69. The van der Waals surface area contributed by atoms with E-state index < -0.39 is 20.9 Å². The first-order chi connectivity index (χ1) is 8.53. The Labute approximate surface area is 107 Å². The van der Waals surface area contributed by atoms with Gasteiger partial charge in [-0.25, -0.2) is 17.8 Å². The minimum Gasteiger partial charge on any atom is -0.241 e. The number of hydrogen-bond acceptors (Lipinski definition) is 3. The summed E-state index contributed by atoms with van der Waals surface area (Å²) < 4.78 is 39.8. The van der Waals surface area contributed by atoms with Gasteiger partial charge in [0.2, 0.25) is 5.03 Å². The maximum absolute atomic E-state index is 13.6. The van der Waals surface area contributed by atoms with Crippen LogP contribution < -0.4 is 0 Å². The lowest BCUT2D eigenvalue weighted by atomic mass is 10.1. The Morgan fingerprint density at radius 2 is 2.17 bits per heavy atom. The summed E-state index contributed by atoms with van der Waals surface area (Å²) in [6.07, 6.45) is 4.96. The van der Waals surface area contributed by atoms with Crippen molar-refractivity contribution in [3.8, 4) is 0 Å². The van der Waals surface area contributed by atoms with Gasteiger partial charge < -0.3 is 0 Å². The van der Waals surface area contributed by atoms with E-state index in [-0.39, 0.29) is 6.04 Å². The number of sulfonamides is 1. The van der Waals surface area contributed by atoms with E-state index in [1.807, 2.05) is 6.92 Å². The number of halogens is 1. The van der Waals surface area contributed by atoms with Crippen molar-refractivity contribution in [3.63, 3.8) is 0 Å². The van der Waals surface area contributed by atoms with Crippen LogP contribution in [0, 0.1) is 5.82 Å². The second kappa shape index (κ2) is 5.32. The Hall–Kier alpha value is -1.01. The first kappa shape index (κ1) is 13.4. The Kier molecular flexibility index (Phi) is 3.97. The minimum absolute atomic E-state index is 0.0982. The zero-order chi connectivity index (χ0) is 13.2. The van der Waals surface area contributed by atoms with Gasteiger partial charge in [0.1, 0.15) is 0 Å². The van der Waals surface area contributed by atoms with Crippen LogP contribution in [0.5, 0.6) is 0 Å². The van der Waals surface area contributed by atoms with Gasteiger partial charge >= 0.3 is 0 Å². The van der Waals surface area contributed by atoms with Crippen LogP contribution in [-0.2, 0) is 10.0 Å². The molecule has 1 unspecified atom stereocenters. The highest BCUT2D eigenvalue weighted by atomic mass is 32.2. The Balaban J connectivity index is 2.38. The molecule has 0 saturated carbocycles. The Bertz CT molecular complexity index is 519. The van der Waals surface area contributed by atoms with Gasteiger partial charge in [0.05, 0.1) is 0 Å². The second-order valence-electron chi connectivity index (χ2n) is 4.60. The molecule has 0 bridgehead atoms. The molecule has 1 aliphatic heterocycles. The zero-order valence-electron chi connectivity index (χ0n) is 10.3. The molecule has 0 radical (unpaired) electrons. The molecule has 0 N–H and O–H groups in total. The van der Waals surface area contributed by atoms with E-state index in [9.17, 15) is 12.8 Å². The number of aromatic nitrogens is 1. The number of rotatable bonds is 2. The molecule has 1 fully saturated rings. The molecule has 2 rings (SSSR count). The quantitative estimate of drug-likeness (QED) is 0.829. The summed E-state index contributed by atoms with van der Waals surface area (Å²) >= 11 is 0. The Morgan fingerprint density at radius 1 is 1.39 bits per heavy atom. The largest absolute Gasteiger partial charge is 0.263 e. The van der Waals surface area contributed by atoms with Gasteiger partial charge in [-0.1, -0.05) is 12.8 Å². The number of pyridine rings is 1. The highest BCUT2D eigenvalue weighted by Crippen LogP contribution is 2.24. The highest BCUT2D eigenvalue weighted by Gasteiger charge is 2.32. The van der Waals surface area contributed by atoms with Crippen molar-refractivity contribution in [3.05, 3.63) is 24.1 Å². The highest BCUT2D eigenvalue weighted by molar-refractivity contribution is 7.89. The molecule has 1 aromatic heterocycles. The molecule has 18 heavy (non-hydrogen) atoms. The van der Waals surface area contributed by atoms with Crippen molar-refractivity contribution in [2.45, 2.75) is 43.7 Å². The van der Waals surface area contributed by atoms with E-state index in [1.165, 1.54) is 16.6 Å². The lowest BCUT2D eigenvalue weighted by Gasteiger charge is -2.25. The SMILES string of the molecule is CC1CCCCCN1S(=O)(=O)c1ncccc1F. The van der Waals surface area contributed by atoms with Gasteiger partial charge in [-0.3, -0.25) is 0 Å². The minimum atomic E-state index is -3.82. The van der Waals surface area contributed by atoms with E-state index in [4.69, 9.17) is 0 Å². The standard InChI is InChI=1S/C12H17FN2O2S/c1-10-6-3-2-4-9-15(10)18(16,17)12-11(13)7-5-8-14-12/h5,7-8,10H,2-4,6,9H2,1H3. The zero-order valence-corrected chi connectivity index (χ0v) is 11.2. The fraction of sp³-hybridized carbons (Fsp3) is 0.583. The second-order valence-corrected chi connectivity index (χ2v) is 6.41. The van der Waals surface area contributed by atoms with Gasteiger partial charge in [0, 0.05) is 18.8 Å². The van der Waals surface area contributed by atoms with Crippen LogP contribution in [0.2, 0.25) is 0 Å². The van der Waals surface area contributed by atoms with Crippen molar-refractivity contribution < 1.29 is 12.8 Å². The van der Waals surface area contributed by atoms with E-state index in [1.54, 1.807) is 0 Å². The molecule has 1 saturated heterocycles. The smallest absolute Gasteiger partial charge is 0.241 e. The summed E-state index contributed by atoms with van der Waals surface area (Å²) in [5.41, 5.74) is 0. The summed E-state index contributed by atoms with van der Waals surface area (Å²) in [5, 5.41) is -0.459. The van der Waals surface area contributed by atoms with Crippen molar-refractivity contribution in [1.29, 1.82) is 0 Å². The van der Waals surface area contributed by atoms with Gasteiger partial charge in [0.15, 0.2) is 5.82 Å². The molecule has 6 heteroatoms. The monoisotopic (exact) mass is 272 g/mol. The Morgan fingerprint density at radius 3 is 2.89 bits per heavy atom. The average molecular weight is 272 g/mol. The molecule has 0 aliphatic carbocycles. The number of hydrogen-bond donors (Lipinski definition) is 0. The molecule has 1 aromatic rings. The van der Waals surface area contributed by atoms with Crippen molar-refractivity contribution in [1.82, 2.24) is 9.29 Å². The molecule has 0 spiro atoms. The fourth-order valence-corrected chi connectivity index (χ4v) is 3.96. The predicted octanol–water partition coefficient (Wildman–Crippen LogP) is 2.17. The van der Waals surface area contributed by atoms with Crippen LogP contribution in [0.1, 0.15) is 32.6 Å². The van der Waals surface area contributed by atoms with Crippen molar-refractivity contribution in [2.75, 3.05) is 6.54 Å². The van der Waals surface area contributed by atoms with Crippen LogP contribution in [0.15, 0.2) is 23.4 Å². The summed E-state index contributed by atoms with van der Waals surface area (Å²) in [6, 6.07) is 2.42. The predicted molar refractivity (Wildman–Crippen MR) is 66.0 cm³/mol. The average Bonchev–Trinajstić information content (AvgIpc) is 2.54.